The monoisotopic (exact) mass is 316 g/mol. The lowest BCUT2D eigenvalue weighted by atomic mass is 10.2. The molecule has 8 heteroatoms. The van der Waals surface area contributed by atoms with Crippen LogP contribution in [0.15, 0.2) is 35.6 Å². The molecule has 23 heavy (non-hydrogen) atoms. The van der Waals surface area contributed by atoms with Gasteiger partial charge in [-0.3, -0.25) is 4.99 Å². The van der Waals surface area contributed by atoms with E-state index in [1.165, 1.54) is 0 Å². The van der Waals surface area contributed by atoms with Gasteiger partial charge in [-0.15, -0.1) is 10.2 Å². The molecule has 0 spiro atoms. The summed E-state index contributed by atoms with van der Waals surface area (Å²) in [5.41, 5.74) is 0. The minimum atomic E-state index is -0.0710. The summed E-state index contributed by atoms with van der Waals surface area (Å²) >= 11 is 0. The standard InChI is InChI=1S/C15H20N6O2/c1-16-15(18-8-14-20-19-10-21(14)2)17-7-11-9-22-12-5-3-4-6-13(12)23-11/h3-6,10-11H,7-9H2,1-2H3,(H2,16,17,18). The van der Waals surface area contributed by atoms with E-state index in [4.69, 9.17) is 9.47 Å². The quantitative estimate of drug-likeness (QED) is 0.624. The van der Waals surface area contributed by atoms with Crippen LogP contribution >= 0.6 is 0 Å². The van der Waals surface area contributed by atoms with Gasteiger partial charge in [-0.1, -0.05) is 12.1 Å². The SMILES string of the molecule is CN=C(NCc1nncn1C)NCC1COc2ccccc2O1. The normalized spacial score (nSPS) is 17.0. The van der Waals surface area contributed by atoms with Crippen LogP contribution in [0.5, 0.6) is 11.5 Å². The number of aryl methyl sites for hydroxylation is 1. The molecule has 1 atom stereocenters. The third-order valence-electron chi connectivity index (χ3n) is 3.51. The maximum atomic E-state index is 5.90. The van der Waals surface area contributed by atoms with Crippen molar-refractivity contribution in [2.24, 2.45) is 12.0 Å². The first-order valence-corrected chi connectivity index (χ1v) is 7.42. The first-order valence-electron chi connectivity index (χ1n) is 7.42. The number of hydrogen-bond donors (Lipinski definition) is 2. The van der Waals surface area contributed by atoms with Crippen LogP contribution in [0.25, 0.3) is 0 Å². The molecule has 0 bridgehead atoms. The van der Waals surface area contributed by atoms with Crippen molar-refractivity contribution < 1.29 is 9.47 Å². The molecule has 1 aromatic carbocycles. The van der Waals surface area contributed by atoms with Crippen LogP contribution < -0.4 is 20.1 Å². The molecule has 8 nitrogen and oxygen atoms in total. The highest BCUT2D eigenvalue weighted by molar-refractivity contribution is 5.79. The number of rotatable bonds is 4. The van der Waals surface area contributed by atoms with E-state index in [-0.39, 0.29) is 6.10 Å². The summed E-state index contributed by atoms with van der Waals surface area (Å²) < 4.78 is 13.4. The van der Waals surface area contributed by atoms with E-state index >= 15 is 0 Å². The van der Waals surface area contributed by atoms with Crippen LogP contribution in [0.3, 0.4) is 0 Å². The molecule has 0 saturated heterocycles. The van der Waals surface area contributed by atoms with Crippen LogP contribution in [-0.4, -0.2) is 47.0 Å². The van der Waals surface area contributed by atoms with Gasteiger partial charge in [0.2, 0.25) is 0 Å². The highest BCUT2D eigenvalue weighted by Gasteiger charge is 2.20. The molecular weight excluding hydrogens is 296 g/mol. The molecule has 2 N–H and O–H groups in total. The van der Waals surface area contributed by atoms with Gasteiger partial charge in [-0.25, -0.2) is 0 Å². The van der Waals surface area contributed by atoms with Gasteiger partial charge in [0, 0.05) is 14.1 Å². The van der Waals surface area contributed by atoms with E-state index in [0.29, 0.717) is 25.7 Å². The Morgan fingerprint density at radius 1 is 1.35 bits per heavy atom. The highest BCUT2D eigenvalue weighted by Crippen LogP contribution is 2.30. The van der Waals surface area contributed by atoms with Crippen LogP contribution in [0.4, 0.5) is 0 Å². The summed E-state index contributed by atoms with van der Waals surface area (Å²) in [5.74, 6) is 3.07. The number of nitrogens with one attached hydrogen (secondary N) is 2. The van der Waals surface area contributed by atoms with Gasteiger partial charge in [0.15, 0.2) is 23.3 Å². The molecule has 0 amide bonds. The number of aliphatic imine (C=N–C) groups is 1. The van der Waals surface area contributed by atoms with Gasteiger partial charge < -0.3 is 24.7 Å². The van der Waals surface area contributed by atoms with E-state index in [1.54, 1.807) is 13.4 Å². The van der Waals surface area contributed by atoms with Gasteiger partial charge in [-0.05, 0) is 12.1 Å². The summed E-state index contributed by atoms with van der Waals surface area (Å²) in [6.45, 7) is 1.64. The van der Waals surface area contributed by atoms with Crippen molar-refractivity contribution in [1.82, 2.24) is 25.4 Å². The number of ether oxygens (including phenoxy) is 2. The van der Waals surface area contributed by atoms with Crippen LogP contribution in [0.2, 0.25) is 0 Å². The number of para-hydroxylation sites is 2. The average molecular weight is 316 g/mol. The fourth-order valence-corrected chi connectivity index (χ4v) is 2.22. The van der Waals surface area contributed by atoms with Gasteiger partial charge >= 0.3 is 0 Å². The van der Waals surface area contributed by atoms with E-state index < -0.39 is 0 Å². The molecule has 0 radical (unpaired) electrons. The van der Waals surface area contributed by atoms with Gasteiger partial charge in [0.05, 0.1) is 13.1 Å². The van der Waals surface area contributed by atoms with E-state index in [1.807, 2.05) is 35.9 Å². The highest BCUT2D eigenvalue weighted by atomic mass is 16.6. The van der Waals surface area contributed by atoms with Crippen LogP contribution in [-0.2, 0) is 13.6 Å². The van der Waals surface area contributed by atoms with Crippen molar-refractivity contribution >= 4 is 5.96 Å². The molecule has 1 unspecified atom stereocenters. The van der Waals surface area contributed by atoms with E-state index in [0.717, 1.165) is 17.3 Å². The molecule has 1 aliphatic heterocycles. The number of guanidine groups is 1. The fourth-order valence-electron chi connectivity index (χ4n) is 2.22. The van der Waals surface area contributed by atoms with Crippen molar-refractivity contribution in [1.29, 1.82) is 0 Å². The Hall–Kier alpha value is -2.77. The molecule has 2 aromatic rings. The first-order chi connectivity index (χ1) is 11.3. The zero-order chi connectivity index (χ0) is 16.1. The topological polar surface area (TPSA) is 85.6 Å². The lowest BCUT2D eigenvalue weighted by Crippen LogP contribution is -2.45. The molecule has 0 fully saturated rings. The second-order valence-corrected chi connectivity index (χ2v) is 5.16. The largest absolute Gasteiger partial charge is 0.486 e. The van der Waals surface area contributed by atoms with Crippen molar-refractivity contribution in [2.45, 2.75) is 12.6 Å². The van der Waals surface area contributed by atoms with Gasteiger partial charge in [0.25, 0.3) is 0 Å². The van der Waals surface area contributed by atoms with Crippen molar-refractivity contribution in [3.05, 3.63) is 36.4 Å². The Bertz CT molecular complexity index is 684. The summed E-state index contributed by atoms with van der Waals surface area (Å²) in [6.07, 6.45) is 1.59. The summed E-state index contributed by atoms with van der Waals surface area (Å²) in [5, 5.41) is 14.3. The fraction of sp³-hybridized carbons (Fsp3) is 0.400. The molecule has 3 rings (SSSR count). The molecule has 1 aliphatic rings. The van der Waals surface area contributed by atoms with Gasteiger partial charge in [0.1, 0.15) is 19.0 Å². The van der Waals surface area contributed by atoms with E-state index in [9.17, 15) is 0 Å². The third kappa shape index (κ3) is 3.71. The maximum Gasteiger partial charge on any atom is 0.191 e. The van der Waals surface area contributed by atoms with Crippen molar-refractivity contribution in [3.8, 4) is 11.5 Å². The predicted octanol–water partition coefficient (Wildman–Crippen LogP) is 0.320. The number of benzene rings is 1. The minimum absolute atomic E-state index is 0.0710. The predicted molar refractivity (Wildman–Crippen MR) is 85.6 cm³/mol. The number of fused-ring (bicyclic) bond motifs is 1. The number of aromatic nitrogens is 3. The van der Waals surface area contributed by atoms with Crippen molar-refractivity contribution in [3.63, 3.8) is 0 Å². The average Bonchev–Trinajstić information content (AvgIpc) is 3.00. The number of hydrogen-bond acceptors (Lipinski definition) is 5. The molecule has 0 aliphatic carbocycles. The maximum absolute atomic E-state index is 5.90. The Morgan fingerprint density at radius 3 is 2.91 bits per heavy atom. The Labute approximate surface area is 134 Å². The second-order valence-electron chi connectivity index (χ2n) is 5.16. The van der Waals surface area contributed by atoms with Gasteiger partial charge in [-0.2, -0.15) is 0 Å². The molecule has 1 aromatic heterocycles. The summed E-state index contributed by atoms with van der Waals surface area (Å²) in [7, 11) is 3.62. The lowest BCUT2D eigenvalue weighted by molar-refractivity contribution is 0.0936. The Balaban J connectivity index is 1.48. The lowest BCUT2D eigenvalue weighted by Gasteiger charge is -2.27. The molecule has 122 valence electrons. The Kier molecular flexibility index (Phi) is 4.60. The van der Waals surface area contributed by atoms with Crippen molar-refractivity contribution in [2.75, 3.05) is 20.2 Å². The van der Waals surface area contributed by atoms with E-state index in [2.05, 4.69) is 25.8 Å². The van der Waals surface area contributed by atoms with Crippen LogP contribution in [0.1, 0.15) is 5.82 Å². The summed E-state index contributed by atoms with van der Waals surface area (Å²) in [6, 6.07) is 7.67. The third-order valence-corrected chi connectivity index (χ3v) is 3.51. The Morgan fingerprint density at radius 2 is 2.17 bits per heavy atom. The summed E-state index contributed by atoms with van der Waals surface area (Å²) in [4.78, 5) is 4.19. The first kappa shape index (κ1) is 15.1. The molecular formula is C15H20N6O2. The molecule has 2 heterocycles. The van der Waals surface area contributed by atoms with Crippen LogP contribution in [0, 0.1) is 0 Å². The zero-order valence-electron chi connectivity index (χ0n) is 13.2. The smallest absolute Gasteiger partial charge is 0.191 e. The second kappa shape index (κ2) is 6.99. The molecule has 0 saturated carbocycles. The number of nitrogens with zero attached hydrogens (tertiary/aromatic N) is 4. The zero-order valence-corrected chi connectivity index (χ0v) is 13.2. The minimum Gasteiger partial charge on any atom is -0.486 e.